The summed E-state index contributed by atoms with van der Waals surface area (Å²) in [5.74, 6) is -0.411. The standard InChI is InChI=1S/C10H11BrN2O2S/c11-6-1-2-8(14)7(5-6)10(15)13-4-3-9(12)16/h1-2,5,14H,3-4H2,(H2,12,16)(H,13,15). The molecule has 86 valence electrons. The highest BCUT2D eigenvalue weighted by atomic mass is 79.9. The number of thiocarbonyl (C=S) groups is 1. The molecule has 0 heterocycles. The van der Waals surface area contributed by atoms with Gasteiger partial charge in [0.2, 0.25) is 0 Å². The lowest BCUT2D eigenvalue weighted by atomic mass is 10.2. The fourth-order valence-electron chi connectivity index (χ4n) is 1.08. The molecule has 1 rings (SSSR count). The Balaban J connectivity index is 2.65. The summed E-state index contributed by atoms with van der Waals surface area (Å²) in [5.41, 5.74) is 5.51. The molecular formula is C10H11BrN2O2S. The number of amides is 1. The van der Waals surface area contributed by atoms with Crippen LogP contribution in [-0.4, -0.2) is 22.5 Å². The van der Waals surface area contributed by atoms with Crippen LogP contribution in [0.25, 0.3) is 0 Å². The first-order valence-electron chi connectivity index (χ1n) is 4.55. The number of aromatic hydroxyl groups is 1. The van der Waals surface area contributed by atoms with Crippen LogP contribution in [0.2, 0.25) is 0 Å². The number of nitrogens with two attached hydrogens (primary N) is 1. The lowest BCUT2D eigenvalue weighted by molar-refractivity contribution is 0.0952. The minimum absolute atomic E-state index is 0.0592. The molecule has 0 aliphatic heterocycles. The predicted octanol–water partition coefficient (Wildman–Crippen LogP) is 1.56. The number of benzene rings is 1. The smallest absolute Gasteiger partial charge is 0.255 e. The van der Waals surface area contributed by atoms with E-state index in [1.807, 2.05) is 0 Å². The Morgan fingerprint density at radius 1 is 1.56 bits per heavy atom. The maximum absolute atomic E-state index is 11.6. The zero-order valence-electron chi connectivity index (χ0n) is 8.37. The molecule has 0 unspecified atom stereocenters. The molecule has 0 spiro atoms. The Morgan fingerprint density at radius 3 is 2.88 bits per heavy atom. The van der Waals surface area contributed by atoms with E-state index in [2.05, 4.69) is 33.5 Å². The third-order valence-electron chi connectivity index (χ3n) is 1.86. The number of phenolic OH excluding ortho intramolecular Hbond substituents is 1. The van der Waals surface area contributed by atoms with Crippen LogP contribution in [-0.2, 0) is 0 Å². The summed E-state index contributed by atoms with van der Waals surface area (Å²) in [5, 5.41) is 12.1. The summed E-state index contributed by atoms with van der Waals surface area (Å²) in [6.45, 7) is 0.361. The third-order valence-corrected chi connectivity index (χ3v) is 2.56. The molecule has 0 radical (unpaired) electrons. The summed E-state index contributed by atoms with van der Waals surface area (Å²) in [6.07, 6.45) is 0.440. The van der Waals surface area contributed by atoms with E-state index in [-0.39, 0.29) is 17.2 Å². The van der Waals surface area contributed by atoms with Gasteiger partial charge in [-0.1, -0.05) is 28.1 Å². The largest absolute Gasteiger partial charge is 0.507 e. The SMILES string of the molecule is NC(=S)CCNC(=O)c1cc(Br)ccc1O. The van der Waals surface area contributed by atoms with E-state index in [0.29, 0.717) is 18.0 Å². The van der Waals surface area contributed by atoms with Crippen LogP contribution in [0.1, 0.15) is 16.8 Å². The quantitative estimate of drug-likeness (QED) is 0.738. The lowest BCUT2D eigenvalue weighted by Crippen LogP contribution is -2.27. The monoisotopic (exact) mass is 302 g/mol. The van der Waals surface area contributed by atoms with Gasteiger partial charge in [-0.2, -0.15) is 0 Å². The fraction of sp³-hybridized carbons (Fsp3) is 0.200. The Hall–Kier alpha value is -1.14. The molecule has 0 bridgehead atoms. The summed E-state index contributed by atoms with van der Waals surface area (Å²) in [7, 11) is 0. The zero-order valence-corrected chi connectivity index (χ0v) is 10.8. The van der Waals surface area contributed by atoms with Crippen molar-refractivity contribution < 1.29 is 9.90 Å². The van der Waals surface area contributed by atoms with Crippen LogP contribution in [0.3, 0.4) is 0 Å². The van der Waals surface area contributed by atoms with Crippen LogP contribution in [0.4, 0.5) is 0 Å². The lowest BCUT2D eigenvalue weighted by Gasteiger charge is -2.06. The highest BCUT2D eigenvalue weighted by Gasteiger charge is 2.10. The number of carbonyl (C=O) groups is 1. The molecule has 16 heavy (non-hydrogen) atoms. The average Bonchev–Trinajstić information content (AvgIpc) is 2.21. The number of halogens is 1. The van der Waals surface area contributed by atoms with Crippen LogP contribution in [0.5, 0.6) is 5.75 Å². The first-order chi connectivity index (χ1) is 7.50. The fourth-order valence-corrected chi connectivity index (χ4v) is 1.55. The maximum atomic E-state index is 11.6. The summed E-state index contributed by atoms with van der Waals surface area (Å²) in [4.78, 5) is 12.0. The van der Waals surface area contributed by atoms with Gasteiger partial charge in [-0.15, -0.1) is 0 Å². The Bertz CT molecular complexity index is 423. The van der Waals surface area contributed by atoms with Gasteiger partial charge in [0.25, 0.3) is 5.91 Å². The van der Waals surface area contributed by atoms with Crippen LogP contribution < -0.4 is 11.1 Å². The minimum Gasteiger partial charge on any atom is -0.507 e. The second-order valence-corrected chi connectivity index (χ2v) is 4.57. The average molecular weight is 303 g/mol. The Kier molecular flexibility index (Phi) is 4.70. The number of hydrogen-bond acceptors (Lipinski definition) is 3. The summed E-state index contributed by atoms with van der Waals surface area (Å²) in [6, 6.07) is 4.65. The van der Waals surface area contributed by atoms with Gasteiger partial charge in [-0.05, 0) is 18.2 Å². The molecule has 0 atom stereocenters. The first kappa shape index (κ1) is 12.9. The number of hydrogen-bond donors (Lipinski definition) is 3. The molecule has 4 nitrogen and oxygen atoms in total. The second kappa shape index (κ2) is 5.81. The number of phenols is 1. The molecule has 1 amide bonds. The van der Waals surface area contributed by atoms with Crippen molar-refractivity contribution in [3.05, 3.63) is 28.2 Å². The summed E-state index contributed by atoms with van der Waals surface area (Å²) < 4.78 is 0.727. The maximum Gasteiger partial charge on any atom is 0.255 e. The minimum atomic E-state index is -0.352. The molecule has 0 aliphatic rings. The predicted molar refractivity (Wildman–Crippen MR) is 69.5 cm³/mol. The van der Waals surface area contributed by atoms with Crippen molar-refractivity contribution in [3.63, 3.8) is 0 Å². The third kappa shape index (κ3) is 3.79. The zero-order chi connectivity index (χ0) is 12.1. The number of rotatable bonds is 4. The van der Waals surface area contributed by atoms with Gasteiger partial charge in [-0.25, -0.2) is 0 Å². The van der Waals surface area contributed by atoms with Crippen molar-refractivity contribution >= 4 is 39.0 Å². The van der Waals surface area contributed by atoms with Gasteiger partial charge in [-0.3, -0.25) is 4.79 Å². The molecule has 0 saturated carbocycles. The van der Waals surface area contributed by atoms with Crippen molar-refractivity contribution in [2.75, 3.05) is 6.54 Å². The summed E-state index contributed by atoms with van der Waals surface area (Å²) >= 11 is 7.90. The van der Waals surface area contributed by atoms with Crippen LogP contribution >= 0.6 is 28.1 Å². The van der Waals surface area contributed by atoms with Crippen LogP contribution in [0.15, 0.2) is 22.7 Å². The highest BCUT2D eigenvalue weighted by molar-refractivity contribution is 9.10. The Morgan fingerprint density at radius 2 is 2.25 bits per heavy atom. The van der Waals surface area contributed by atoms with E-state index in [1.165, 1.54) is 6.07 Å². The van der Waals surface area contributed by atoms with Crippen molar-refractivity contribution in [3.8, 4) is 5.75 Å². The van der Waals surface area contributed by atoms with Crippen molar-refractivity contribution in [2.45, 2.75) is 6.42 Å². The van der Waals surface area contributed by atoms with Gasteiger partial charge >= 0.3 is 0 Å². The molecule has 6 heteroatoms. The Labute approximate surface area is 107 Å². The molecule has 0 aromatic heterocycles. The van der Waals surface area contributed by atoms with Crippen molar-refractivity contribution in [2.24, 2.45) is 5.73 Å². The molecular weight excluding hydrogens is 292 g/mol. The van der Waals surface area contributed by atoms with E-state index in [9.17, 15) is 9.90 Å². The van der Waals surface area contributed by atoms with Crippen LogP contribution in [0, 0.1) is 0 Å². The molecule has 0 aliphatic carbocycles. The van der Waals surface area contributed by atoms with E-state index < -0.39 is 0 Å². The van der Waals surface area contributed by atoms with Gasteiger partial charge in [0.15, 0.2) is 0 Å². The molecule has 1 aromatic carbocycles. The topological polar surface area (TPSA) is 75.3 Å². The highest BCUT2D eigenvalue weighted by Crippen LogP contribution is 2.21. The first-order valence-corrected chi connectivity index (χ1v) is 5.76. The van der Waals surface area contributed by atoms with Crippen molar-refractivity contribution in [1.82, 2.24) is 5.32 Å². The van der Waals surface area contributed by atoms with E-state index in [0.717, 1.165) is 4.47 Å². The van der Waals surface area contributed by atoms with E-state index in [4.69, 9.17) is 5.73 Å². The van der Waals surface area contributed by atoms with E-state index >= 15 is 0 Å². The van der Waals surface area contributed by atoms with Gasteiger partial charge in [0.05, 0.1) is 10.6 Å². The number of carbonyl (C=O) groups excluding carboxylic acids is 1. The van der Waals surface area contributed by atoms with E-state index in [1.54, 1.807) is 12.1 Å². The van der Waals surface area contributed by atoms with Crippen molar-refractivity contribution in [1.29, 1.82) is 0 Å². The molecule has 0 saturated heterocycles. The number of nitrogens with one attached hydrogen (secondary N) is 1. The molecule has 1 aromatic rings. The van der Waals surface area contributed by atoms with Gasteiger partial charge in [0, 0.05) is 17.4 Å². The normalized spacial score (nSPS) is 9.81. The van der Waals surface area contributed by atoms with Gasteiger partial charge in [0.1, 0.15) is 5.75 Å². The molecule has 0 fully saturated rings. The molecule has 4 N–H and O–H groups in total. The van der Waals surface area contributed by atoms with Gasteiger partial charge < -0.3 is 16.2 Å². The second-order valence-electron chi connectivity index (χ2n) is 3.13.